The van der Waals surface area contributed by atoms with Crippen molar-refractivity contribution in [3.05, 3.63) is 23.7 Å². The van der Waals surface area contributed by atoms with Crippen LogP contribution in [0.2, 0.25) is 0 Å². The molecule has 96 valence electrons. The van der Waals surface area contributed by atoms with Gasteiger partial charge in [0, 0.05) is 6.42 Å². The predicted molar refractivity (Wildman–Crippen MR) is 62.4 cm³/mol. The molecule has 0 unspecified atom stereocenters. The van der Waals surface area contributed by atoms with Gasteiger partial charge in [0.2, 0.25) is 0 Å². The first kappa shape index (κ1) is 15.2. The molecule has 0 atom stereocenters. The summed E-state index contributed by atoms with van der Waals surface area (Å²) in [6, 6.07) is 0. The number of hydrogen-bond acceptors (Lipinski definition) is 5. The van der Waals surface area contributed by atoms with Crippen LogP contribution in [0.4, 0.5) is 0 Å². The third-order valence-corrected chi connectivity index (χ3v) is 1.74. The molecule has 0 aliphatic heterocycles. The standard InChI is InChI=1S/C12H18O5/c1-4-16-11(14)10(12(15)17-5-2)8-6-7-9(3)13/h6-7,14H,4-5,8H2,1-3H3/b7-6+,11-10-. The Morgan fingerprint density at radius 2 is 1.76 bits per heavy atom. The molecular formula is C12H18O5. The summed E-state index contributed by atoms with van der Waals surface area (Å²) in [6.45, 7) is 5.19. The third kappa shape index (κ3) is 6.40. The van der Waals surface area contributed by atoms with E-state index in [1.165, 1.54) is 19.1 Å². The lowest BCUT2D eigenvalue weighted by atomic mass is 10.2. The topological polar surface area (TPSA) is 72.8 Å². The molecule has 0 radical (unpaired) electrons. The molecule has 0 heterocycles. The second-order valence-corrected chi connectivity index (χ2v) is 3.15. The Bertz CT molecular complexity index is 328. The molecule has 1 N–H and O–H groups in total. The maximum atomic E-state index is 11.5. The summed E-state index contributed by atoms with van der Waals surface area (Å²) in [6.07, 6.45) is 2.88. The first-order chi connectivity index (χ1) is 8.02. The van der Waals surface area contributed by atoms with Crippen molar-refractivity contribution in [3.8, 4) is 0 Å². The Morgan fingerprint density at radius 3 is 2.24 bits per heavy atom. The Kier molecular flexibility index (Phi) is 7.50. The normalized spacial score (nSPS) is 12.2. The zero-order valence-electron chi connectivity index (χ0n) is 10.4. The second kappa shape index (κ2) is 8.38. The van der Waals surface area contributed by atoms with Gasteiger partial charge in [0.1, 0.15) is 5.57 Å². The van der Waals surface area contributed by atoms with Crippen LogP contribution >= 0.6 is 0 Å². The van der Waals surface area contributed by atoms with Gasteiger partial charge in [-0.2, -0.15) is 0 Å². The molecule has 0 saturated heterocycles. The highest BCUT2D eigenvalue weighted by Crippen LogP contribution is 2.11. The lowest BCUT2D eigenvalue weighted by Gasteiger charge is -2.08. The summed E-state index contributed by atoms with van der Waals surface area (Å²) in [5.74, 6) is -1.24. The lowest BCUT2D eigenvalue weighted by Crippen LogP contribution is -2.11. The van der Waals surface area contributed by atoms with Gasteiger partial charge in [-0.3, -0.25) is 4.79 Å². The number of esters is 1. The van der Waals surface area contributed by atoms with Crippen LogP contribution in [0.1, 0.15) is 27.2 Å². The smallest absolute Gasteiger partial charge is 0.341 e. The summed E-state index contributed by atoms with van der Waals surface area (Å²) in [4.78, 5) is 22.2. The molecule has 0 aliphatic carbocycles. The van der Waals surface area contributed by atoms with E-state index in [1.807, 2.05) is 0 Å². The van der Waals surface area contributed by atoms with Crippen LogP contribution in [-0.2, 0) is 19.1 Å². The van der Waals surface area contributed by atoms with E-state index in [-0.39, 0.29) is 31.0 Å². The number of ketones is 1. The Hall–Kier alpha value is -1.78. The number of aliphatic hydroxyl groups is 1. The first-order valence-electron chi connectivity index (χ1n) is 5.42. The summed E-state index contributed by atoms with van der Waals surface area (Å²) in [7, 11) is 0. The first-order valence-corrected chi connectivity index (χ1v) is 5.42. The Labute approximate surface area is 101 Å². The fraction of sp³-hybridized carbons (Fsp3) is 0.500. The quantitative estimate of drug-likeness (QED) is 0.419. The second-order valence-electron chi connectivity index (χ2n) is 3.15. The maximum Gasteiger partial charge on any atom is 0.341 e. The monoisotopic (exact) mass is 242 g/mol. The fourth-order valence-corrected chi connectivity index (χ4v) is 1.04. The molecule has 5 nitrogen and oxygen atoms in total. The van der Waals surface area contributed by atoms with Gasteiger partial charge in [-0.05, 0) is 26.8 Å². The van der Waals surface area contributed by atoms with E-state index in [0.29, 0.717) is 0 Å². The number of allylic oxidation sites excluding steroid dienone is 2. The molecular weight excluding hydrogens is 224 g/mol. The van der Waals surface area contributed by atoms with Gasteiger partial charge in [0.05, 0.1) is 13.2 Å². The van der Waals surface area contributed by atoms with Crippen LogP contribution in [-0.4, -0.2) is 30.1 Å². The summed E-state index contributed by atoms with van der Waals surface area (Å²) >= 11 is 0. The number of carbonyl (C=O) groups excluding carboxylic acids is 2. The molecule has 0 aromatic heterocycles. The minimum absolute atomic E-state index is 0.00574. The fourth-order valence-electron chi connectivity index (χ4n) is 1.04. The minimum atomic E-state index is -0.647. The zero-order chi connectivity index (χ0) is 13.3. The average Bonchev–Trinajstić information content (AvgIpc) is 2.24. The van der Waals surface area contributed by atoms with Crippen LogP contribution in [0.15, 0.2) is 23.7 Å². The lowest BCUT2D eigenvalue weighted by molar-refractivity contribution is -0.139. The van der Waals surface area contributed by atoms with Gasteiger partial charge in [0.15, 0.2) is 5.78 Å². The van der Waals surface area contributed by atoms with E-state index in [2.05, 4.69) is 0 Å². The van der Waals surface area contributed by atoms with Crippen molar-refractivity contribution in [1.82, 2.24) is 0 Å². The maximum absolute atomic E-state index is 11.5. The molecule has 0 rings (SSSR count). The highest BCUT2D eigenvalue weighted by atomic mass is 16.6. The van der Waals surface area contributed by atoms with Crippen molar-refractivity contribution in [2.24, 2.45) is 0 Å². The van der Waals surface area contributed by atoms with Gasteiger partial charge in [-0.15, -0.1) is 0 Å². The molecule has 0 bridgehead atoms. The van der Waals surface area contributed by atoms with E-state index >= 15 is 0 Å². The summed E-state index contributed by atoms with van der Waals surface area (Å²) in [5, 5.41) is 9.51. The summed E-state index contributed by atoms with van der Waals surface area (Å²) < 4.78 is 9.62. The Balaban J connectivity index is 4.79. The Morgan fingerprint density at radius 1 is 1.18 bits per heavy atom. The third-order valence-electron chi connectivity index (χ3n) is 1.74. The van der Waals surface area contributed by atoms with E-state index < -0.39 is 11.9 Å². The van der Waals surface area contributed by atoms with Crippen LogP contribution in [0.5, 0.6) is 0 Å². The van der Waals surface area contributed by atoms with Crippen LogP contribution < -0.4 is 0 Å². The minimum Gasteiger partial charge on any atom is -0.481 e. The molecule has 0 aliphatic rings. The predicted octanol–water partition coefficient (Wildman–Crippen LogP) is 1.89. The van der Waals surface area contributed by atoms with Crippen molar-refractivity contribution in [1.29, 1.82) is 0 Å². The number of rotatable bonds is 7. The van der Waals surface area contributed by atoms with E-state index in [1.54, 1.807) is 13.8 Å². The van der Waals surface area contributed by atoms with Gasteiger partial charge in [-0.25, -0.2) is 4.79 Å². The van der Waals surface area contributed by atoms with Gasteiger partial charge >= 0.3 is 5.97 Å². The van der Waals surface area contributed by atoms with Crippen molar-refractivity contribution in [2.45, 2.75) is 27.2 Å². The van der Waals surface area contributed by atoms with Crippen LogP contribution in [0.25, 0.3) is 0 Å². The molecule has 5 heteroatoms. The number of ether oxygens (including phenoxy) is 2. The van der Waals surface area contributed by atoms with Gasteiger partial charge in [-0.1, -0.05) is 6.08 Å². The van der Waals surface area contributed by atoms with Gasteiger partial charge in [0.25, 0.3) is 5.95 Å². The number of carbonyl (C=O) groups is 2. The van der Waals surface area contributed by atoms with Crippen LogP contribution in [0, 0.1) is 0 Å². The van der Waals surface area contributed by atoms with Gasteiger partial charge < -0.3 is 14.6 Å². The number of hydrogen-bond donors (Lipinski definition) is 1. The molecule has 0 spiro atoms. The SMILES string of the molecule is CCOC(=O)/C(C/C=C/C(C)=O)=C(/O)OCC. The van der Waals surface area contributed by atoms with E-state index in [9.17, 15) is 14.7 Å². The highest BCUT2D eigenvalue weighted by molar-refractivity contribution is 5.90. The molecule has 0 aromatic rings. The molecule has 0 saturated carbocycles. The zero-order valence-corrected chi connectivity index (χ0v) is 10.4. The summed E-state index contributed by atoms with van der Waals surface area (Å²) in [5.41, 5.74) is 0.00574. The molecule has 0 fully saturated rings. The highest BCUT2D eigenvalue weighted by Gasteiger charge is 2.16. The molecule has 0 amide bonds. The van der Waals surface area contributed by atoms with Crippen LogP contribution in [0.3, 0.4) is 0 Å². The largest absolute Gasteiger partial charge is 0.481 e. The molecule has 17 heavy (non-hydrogen) atoms. The van der Waals surface area contributed by atoms with Crippen molar-refractivity contribution >= 4 is 11.8 Å². The van der Waals surface area contributed by atoms with Crippen molar-refractivity contribution < 1.29 is 24.2 Å². The number of aliphatic hydroxyl groups excluding tert-OH is 1. The van der Waals surface area contributed by atoms with Crippen molar-refractivity contribution in [3.63, 3.8) is 0 Å². The van der Waals surface area contributed by atoms with Crippen molar-refractivity contribution in [2.75, 3.05) is 13.2 Å². The van der Waals surface area contributed by atoms with E-state index in [4.69, 9.17) is 9.47 Å². The average molecular weight is 242 g/mol. The molecule has 0 aromatic carbocycles. The van der Waals surface area contributed by atoms with E-state index in [0.717, 1.165) is 0 Å².